The van der Waals surface area contributed by atoms with Crippen LogP contribution in [-0.4, -0.2) is 44.1 Å². The first kappa shape index (κ1) is 11.2. The molecule has 0 atom stereocenters. The van der Waals surface area contributed by atoms with E-state index in [1.807, 2.05) is 0 Å². The maximum absolute atomic E-state index is 11.8. The molecule has 0 aromatic heterocycles. The number of carbonyl (C=O) groups excluding carboxylic acids is 1. The molecule has 1 aromatic carbocycles. The largest absolute Gasteiger partial charge is 0.454 e. The van der Waals surface area contributed by atoms with Crippen molar-refractivity contribution in [3.8, 4) is 17.2 Å². The van der Waals surface area contributed by atoms with Crippen LogP contribution in [0.2, 0.25) is 0 Å². The lowest BCUT2D eigenvalue weighted by Gasteiger charge is -2.25. The Bertz CT molecular complexity index is 456. The van der Waals surface area contributed by atoms with Gasteiger partial charge in [0.25, 0.3) is 0 Å². The van der Waals surface area contributed by atoms with Crippen LogP contribution in [0.25, 0.3) is 0 Å². The third-order valence-electron chi connectivity index (χ3n) is 2.82. The molecular weight excluding hydrogens is 238 g/mol. The fourth-order valence-electron chi connectivity index (χ4n) is 1.85. The van der Waals surface area contributed by atoms with Crippen molar-refractivity contribution in [2.24, 2.45) is 0 Å². The van der Waals surface area contributed by atoms with E-state index in [4.69, 9.17) is 18.9 Å². The molecule has 0 aliphatic carbocycles. The van der Waals surface area contributed by atoms with E-state index in [1.165, 1.54) is 0 Å². The van der Waals surface area contributed by atoms with Crippen LogP contribution in [0.15, 0.2) is 18.2 Å². The molecule has 0 radical (unpaired) electrons. The van der Waals surface area contributed by atoms with Gasteiger partial charge in [-0.25, -0.2) is 4.79 Å². The van der Waals surface area contributed by atoms with Gasteiger partial charge in [-0.1, -0.05) is 0 Å². The van der Waals surface area contributed by atoms with Crippen molar-refractivity contribution in [1.29, 1.82) is 0 Å². The Morgan fingerprint density at radius 3 is 2.78 bits per heavy atom. The number of hydrogen-bond donors (Lipinski definition) is 0. The molecule has 6 heteroatoms. The second-order valence-corrected chi connectivity index (χ2v) is 3.98. The van der Waals surface area contributed by atoms with Gasteiger partial charge in [-0.15, -0.1) is 0 Å². The lowest BCUT2D eigenvalue weighted by atomic mass is 10.3. The van der Waals surface area contributed by atoms with Gasteiger partial charge in [0.1, 0.15) is 5.75 Å². The smallest absolute Gasteiger partial charge is 0.415 e. The predicted octanol–water partition coefficient (Wildman–Crippen LogP) is 1.25. The van der Waals surface area contributed by atoms with E-state index in [2.05, 4.69) is 0 Å². The van der Waals surface area contributed by atoms with Crippen molar-refractivity contribution in [3.05, 3.63) is 18.2 Å². The summed E-state index contributed by atoms with van der Waals surface area (Å²) in [7, 11) is 0. The Morgan fingerprint density at radius 2 is 1.94 bits per heavy atom. The van der Waals surface area contributed by atoms with Gasteiger partial charge in [0.15, 0.2) is 11.5 Å². The average Bonchev–Trinajstić information content (AvgIpc) is 2.87. The summed E-state index contributed by atoms with van der Waals surface area (Å²) in [5.41, 5.74) is 0. The summed E-state index contributed by atoms with van der Waals surface area (Å²) >= 11 is 0. The standard InChI is InChI=1S/C12H13NO5/c14-12(13-3-5-15-6-4-13)18-9-1-2-10-11(7-9)17-8-16-10/h1-2,7H,3-6,8H2. The van der Waals surface area contributed by atoms with Gasteiger partial charge < -0.3 is 23.8 Å². The number of nitrogens with zero attached hydrogens (tertiary/aromatic N) is 1. The van der Waals surface area contributed by atoms with Gasteiger partial charge in [0, 0.05) is 19.2 Å². The molecule has 1 amide bonds. The number of hydrogen-bond acceptors (Lipinski definition) is 5. The number of rotatable bonds is 1. The molecule has 0 N–H and O–H groups in total. The molecule has 2 heterocycles. The summed E-state index contributed by atoms with van der Waals surface area (Å²) in [6.07, 6.45) is -0.364. The van der Waals surface area contributed by atoms with Crippen molar-refractivity contribution in [1.82, 2.24) is 4.90 Å². The van der Waals surface area contributed by atoms with Gasteiger partial charge in [0.05, 0.1) is 13.2 Å². The van der Waals surface area contributed by atoms with Gasteiger partial charge in [-0.2, -0.15) is 0 Å². The summed E-state index contributed by atoms with van der Waals surface area (Å²) in [6, 6.07) is 5.07. The first-order valence-corrected chi connectivity index (χ1v) is 5.77. The molecule has 0 spiro atoms. The van der Waals surface area contributed by atoms with Crippen molar-refractivity contribution >= 4 is 6.09 Å². The second-order valence-electron chi connectivity index (χ2n) is 3.98. The molecule has 3 rings (SSSR count). The SMILES string of the molecule is O=C(Oc1ccc2c(c1)OCO2)N1CCOCC1. The van der Waals surface area contributed by atoms with Crippen LogP contribution < -0.4 is 14.2 Å². The van der Waals surface area contributed by atoms with Crippen LogP contribution in [0, 0.1) is 0 Å². The molecule has 2 aliphatic rings. The minimum Gasteiger partial charge on any atom is -0.454 e. The second kappa shape index (κ2) is 4.73. The van der Waals surface area contributed by atoms with Crippen LogP contribution in [-0.2, 0) is 4.74 Å². The fourth-order valence-corrected chi connectivity index (χ4v) is 1.85. The van der Waals surface area contributed by atoms with E-state index in [0.29, 0.717) is 43.6 Å². The van der Waals surface area contributed by atoms with E-state index >= 15 is 0 Å². The van der Waals surface area contributed by atoms with Crippen molar-refractivity contribution in [3.63, 3.8) is 0 Å². The van der Waals surface area contributed by atoms with Crippen molar-refractivity contribution in [2.45, 2.75) is 0 Å². The predicted molar refractivity (Wildman–Crippen MR) is 61.0 cm³/mol. The lowest BCUT2D eigenvalue weighted by molar-refractivity contribution is 0.0416. The summed E-state index contributed by atoms with van der Waals surface area (Å²) in [5.74, 6) is 1.72. The number of amides is 1. The van der Waals surface area contributed by atoms with Crippen LogP contribution in [0.3, 0.4) is 0 Å². The van der Waals surface area contributed by atoms with E-state index in [1.54, 1.807) is 23.1 Å². The number of fused-ring (bicyclic) bond motifs is 1. The molecule has 1 aromatic rings. The Labute approximate surface area is 104 Å². The Morgan fingerprint density at radius 1 is 1.17 bits per heavy atom. The third kappa shape index (κ3) is 2.19. The third-order valence-corrected chi connectivity index (χ3v) is 2.82. The van der Waals surface area contributed by atoms with E-state index in [-0.39, 0.29) is 12.9 Å². The Balaban J connectivity index is 1.66. The van der Waals surface area contributed by atoms with Gasteiger partial charge in [-0.3, -0.25) is 0 Å². The molecule has 2 aliphatic heterocycles. The monoisotopic (exact) mass is 251 g/mol. The maximum atomic E-state index is 11.8. The minimum absolute atomic E-state index is 0.205. The topological polar surface area (TPSA) is 57.2 Å². The van der Waals surface area contributed by atoms with Crippen LogP contribution in [0.5, 0.6) is 17.2 Å². The number of benzene rings is 1. The molecule has 1 saturated heterocycles. The van der Waals surface area contributed by atoms with E-state index < -0.39 is 0 Å². The van der Waals surface area contributed by atoms with Gasteiger partial charge >= 0.3 is 6.09 Å². The van der Waals surface area contributed by atoms with E-state index in [9.17, 15) is 4.79 Å². The van der Waals surface area contributed by atoms with Crippen LogP contribution >= 0.6 is 0 Å². The zero-order valence-electron chi connectivity index (χ0n) is 9.76. The molecule has 6 nitrogen and oxygen atoms in total. The molecule has 96 valence electrons. The number of morpholine rings is 1. The summed E-state index contributed by atoms with van der Waals surface area (Å²) < 4.78 is 20.9. The molecule has 0 bridgehead atoms. The first-order chi connectivity index (χ1) is 8.83. The summed E-state index contributed by atoms with van der Waals surface area (Å²) in [4.78, 5) is 13.5. The lowest BCUT2D eigenvalue weighted by Crippen LogP contribution is -2.42. The van der Waals surface area contributed by atoms with Gasteiger partial charge in [0.2, 0.25) is 6.79 Å². The number of carbonyl (C=O) groups is 1. The van der Waals surface area contributed by atoms with E-state index in [0.717, 1.165) is 0 Å². The Hall–Kier alpha value is -1.95. The zero-order chi connectivity index (χ0) is 12.4. The fraction of sp³-hybridized carbons (Fsp3) is 0.417. The van der Waals surface area contributed by atoms with Crippen LogP contribution in [0.1, 0.15) is 0 Å². The van der Waals surface area contributed by atoms with Crippen molar-refractivity contribution in [2.75, 3.05) is 33.1 Å². The molecule has 0 unspecified atom stereocenters. The highest BCUT2D eigenvalue weighted by Gasteiger charge is 2.20. The highest BCUT2D eigenvalue weighted by Crippen LogP contribution is 2.35. The summed E-state index contributed by atoms with van der Waals surface area (Å²) in [6.45, 7) is 2.43. The van der Waals surface area contributed by atoms with Crippen LogP contribution in [0.4, 0.5) is 4.79 Å². The van der Waals surface area contributed by atoms with Crippen molar-refractivity contribution < 1.29 is 23.7 Å². The molecule has 0 saturated carbocycles. The summed E-state index contributed by atoms with van der Waals surface area (Å²) in [5, 5.41) is 0. The first-order valence-electron chi connectivity index (χ1n) is 5.77. The molecule has 18 heavy (non-hydrogen) atoms. The minimum atomic E-state index is -0.364. The quantitative estimate of drug-likeness (QED) is 0.751. The highest BCUT2D eigenvalue weighted by atomic mass is 16.7. The average molecular weight is 251 g/mol. The highest BCUT2D eigenvalue weighted by molar-refractivity contribution is 5.71. The number of ether oxygens (including phenoxy) is 4. The molecule has 1 fully saturated rings. The molecular formula is C12H13NO5. The normalized spacial score (nSPS) is 17.7. The van der Waals surface area contributed by atoms with Gasteiger partial charge in [-0.05, 0) is 12.1 Å². The zero-order valence-corrected chi connectivity index (χ0v) is 9.76. The Kier molecular flexibility index (Phi) is 2.93. The maximum Gasteiger partial charge on any atom is 0.415 e.